The molecular weight excluding hydrogens is 298 g/mol. The van der Waals surface area contributed by atoms with E-state index in [2.05, 4.69) is 0 Å². The highest BCUT2D eigenvalue weighted by Crippen LogP contribution is 2.26. The van der Waals surface area contributed by atoms with Crippen molar-refractivity contribution in [2.24, 2.45) is 0 Å². The Bertz CT molecular complexity index is 496. The standard InChI is InChI=1S/C18H26ClNO2/c1-20(15-7-5-3-4-6-8-15)18(21)12-10-14-9-11-17(22-2)16(19)13-14/h9,11,13,15H,3-8,10,12H2,1-2H3. The Hall–Kier alpha value is -1.22. The average molecular weight is 324 g/mol. The topological polar surface area (TPSA) is 29.5 Å². The van der Waals surface area contributed by atoms with E-state index in [9.17, 15) is 4.79 Å². The molecule has 1 aliphatic carbocycles. The fraction of sp³-hybridized carbons (Fsp3) is 0.611. The minimum atomic E-state index is 0.235. The molecule has 0 N–H and O–H groups in total. The van der Waals surface area contributed by atoms with Crippen LogP contribution in [0.2, 0.25) is 5.02 Å². The van der Waals surface area contributed by atoms with E-state index in [-0.39, 0.29) is 5.91 Å². The maximum atomic E-state index is 12.4. The lowest BCUT2D eigenvalue weighted by Crippen LogP contribution is -2.36. The van der Waals surface area contributed by atoms with Crippen LogP contribution in [0.25, 0.3) is 0 Å². The molecule has 1 aliphatic rings. The molecule has 122 valence electrons. The Morgan fingerprint density at radius 3 is 2.55 bits per heavy atom. The van der Waals surface area contributed by atoms with Crippen molar-refractivity contribution >= 4 is 17.5 Å². The van der Waals surface area contributed by atoms with E-state index in [4.69, 9.17) is 16.3 Å². The molecule has 1 saturated carbocycles. The van der Waals surface area contributed by atoms with Gasteiger partial charge in [-0.1, -0.05) is 43.4 Å². The lowest BCUT2D eigenvalue weighted by molar-refractivity contribution is -0.132. The van der Waals surface area contributed by atoms with Gasteiger partial charge in [-0.25, -0.2) is 0 Å². The third-order valence-electron chi connectivity index (χ3n) is 4.61. The van der Waals surface area contributed by atoms with Gasteiger partial charge in [-0.3, -0.25) is 4.79 Å². The second-order valence-corrected chi connectivity index (χ2v) is 6.53. The van der Waals surface area contributed by atoms with Gasteiger partial charge in [0.2, 0.25) is 5.91 Å². The van der Waals surface area contributed by atoms with E-state index in [0.717, 1.165) is 24.8 Å². The molecule has 0 saturated heterocycles. The summed E-state index contributed by atoms with van der Waals surface area (Å²) < 4.78 is 5.15. The van der Waals surface area contributed by atoms with Crippen LogP contribution in [0.15, 0.2) is 18.2 Å². The third kappa shape index (κ3) is 4.64. The summed E-state index contributed by atoms with van der Waals surface area (Å²) >= 11 is 6.13. The van der Waals surface area contributed by atoms with Crippen molar-refractivity contribution in [3.05, 3.63) is 28.8 Å². The fourth-order valence-corrected chi connectivity index (χ4v) is 3.42. The van der Waals surface area contributed by atoms with E-state index < -0.39 is 0 Å². The Morgan fingerprint density at radius 1 is 1.27 bits per heavy atom. The lowest BCUT2D eigenvalue weighted by atomic mass is 10.1. The van der Waals surface area contributed by atoms with E-state index in [1.807, 2.05) is 30.1 Å². The summed E-state index contributed by atoms with van der Waals surface area (Å²) in [5, 5.41) is 0.601. The monoisotopic (exact) mass is 323 g/mol. The number of aryl methyl sites for hydroxylation is 1. The number of amides is 1. The predicted octanol–water partition coefficient (Wildman–Crippen LogP) is 4.46. The lowest BCUT2D eigenvalue weighted by Gasteiger charge is -2.27. The van der Waals surface area contributed by atoms with Crippen molar-refractivity contribution in [2.75, 3.05) is 14.2 Å². The van der Waals surface area contributed by atoms with Gasteiger partial charge in [0.05, 0.1) is 12.1 Å². The number of halogens is 1. The number of methoxy groups -OCH3 is 1. The highest BCUT2D eigenvalue weighted by atomic mass is 35.5. The average Bonchev–Trinajstić information content (AvgIpc) is 2.81. The number of carbonyl (C=O) groups excluding carboxylic acids is 1. The highest BCUT2D eigenvalue weighted by molar-refractivity contribution is 6.32. The zero-order chi connectivity index (χ0) is 15.9. The summed E-state index contributed by atoms with van der Waals surface area (Å²) in [4.78, 5) is 14.4. The first-order chi connectivity index (χ1) is 10.6. The molecule has 2 rings (SSSR count). The Morgan fingerprint density at radius 2 is 1.95 bits per heavy atom. The van der Waals surface area contributed by atoms with Crippen LogP contribution in [-0.4, -0.2) is 31.0 Å². The molecule has 0 radical (unpaired) electrons. The van der Waals surface area contributed by atoms with Gasteiger partial charge in [-0.15, -0.1) is 0 Å². The van der Waals surface area contributed by atoms with Crippen molar-refractivity contribution in [3.8, 4) is 5.75 Å². The van der Waals surface area contributed by atoms with Crippen molar-refractivity contribution in [2.45, 2.75) is 57.4 Å². The molecule has 0 aliphatic heterocycles. The molecule has 0 aromatic heterocycles. The molecule has 0 heterocycles. The second-order valence-electron chi connectivity index (χ2n) is 6.12. The van der Waals surface area contributed by atoms with Crippen LogP contribution in [0, 0.1) is 0 Å². The second kappa shape index (κ2) is 8.42. The first-order valence-corrected chi connectivity index (χ1v) is 8.57. The van der Waals surface area contributed by atoms with Crippen LogP contribution in [0.5, 0.6) is 5.75 Å². The number of nitrogens with zero attached hydrogens (tertiary/aromatic N) is 1. The molecule has 4 heteroatoms. The maximum Gasteiger partial charge on any atom is 0.222 e. The van der Waals surface area contributed by atoms with E-state index in [1.54, 1.807) is 7.11 Å². The van der Waals surface area contributed by atoms with Crippen LogP contribution in [0.3, 0.4) is 0 Å². The Labute approximate surface area is 138 Å². The van der Waals surface area contributed by atoms with Crippen molar-refractivity contribution in [3.63, 3.8) is 0 Å². The normalized spacial score (nSPS) is 16.1. The van der Waals surface area contributed by atoms with Gasteiger partial charge in [-0.2, -0.15) is 0 Å². The number of benzene rings is 1. The van der Waals surface area contributed by atoms with Gasteiger partial charge in [0.25, 0.3) is 0 Å². The molecule has 1 fully saturated rings. The smallest absolute Gasteiger partial charge is 0.222 e. The first kappa shape index (κ1) is 17.1. The van der Waals surface area contributed by atoms with Crippen LogP contribution in [0.1, 0.15) is 50.5 Å². The molecule has 0 atom stereocenters. The van der Waals surface area contributed by atoms with Crippen LogP contribution in [-0.2, 0) is 11.2 Å². The molecule has 1 aromatic rings. The highest BCUT2D eigenvalue weighted by Gasteiger charge is 2.20. The van der Waals surface area contributed by atoms with E-state index in [1.165, 1.54) is 25.7 Å². The minimum Gasteiger partial charge on any atom is -0.495 e. The van der Waals surface area contributed by atoms with Gasteiger partial charge in [0, 0.05) is 19.5 Å². The Kier molecular flexibility index (Phi) is 6.56. The summed E-state index contributed by atoms with van der Waals surface area (Å²) in [6.45, 7) is 0. The van der Waals surface area contributed by atoms with E-state index in [0.29, 0.717) is 23.2 Å². The minimum absolute atomic E-state index is 0.235. The van der Waals surface area contributed by atoms with Gasteiger partial charge in [-0.05, 0) is 37.0 Å². The summed E-state index contributed by atoms with van der Waals surface area (Å²) in [6, 6.07) is 6.15. The summed E-state index contributed by atoms with van der Waals surface area (Å²) in [5.74, 6) is 0.908. The molecule has 3 nitrogen and oxygen atoms in total. The predicted molar refractivity (Wildman–Crippen MR) is 90.6 cm³/mol. The molecule has 1 amide bonds. The quantitative estimate of drug-likeness (QED) is 0.749. The maximum absolute atomic E-state index is 12.4. The number of hydrogen-bond donors (Lipinski definition) is 0. The zero-order valence-electron chi connectivity index (χ0n) is 13.6. The molecule has 22 heavy (non-hydrogen) atoms. The van der Waals surface area contributed by atoms with Gasteiger partial charge < -0.3 is 9.64 Å². The van der Waals surface area contributed by atoms with Gasteiger partial charge in [0.15, 0.2) is 0 Å². The number of rotatable bonds is 5. The number of hydrogen-bond acceptors (Lipinski definition) is 2. The number of ether oxygens (including phenoxy) is 1. The molecule has 0 bridgehead atoms. The van der Waals surface area contributed by atoms with Crippen molar-refractivity contribution in [1.82, 2.24) is 4.90 Å². The molecular formula is C18H26ClNO2. The molecule has 1 aromatic carbocycles. The zero-order valence-corrected chi connectivity index (χ0v) is 14.4. The third-order valence-corrected chi connectivity index (χ3v) is 4.90. The summed E-state index contributed by atoms with van der Waals surface area (Å²) in [5.41, 5.74) is 1.08. The van der Waals surface area contributed by atoms with E-state index >= 15 is 0 Å². The van der Waals surface area contributed by atoms with Crippen molar-refractivity contribution in [1.29, 1.82) is 0 Å². The first-order valence-electron chi connectivity index (χ1n) is 8.20. The SMILES string of the molecule is COc1ccc(CCC(=O)N(C)C2CCCCCC2)cc1Cl. The summed E-state index contributed by atoms with van der Waals surface area (Å²) in [6.07, 6.45) is 8.67. The van der Waals surface area contributed by atoms with Crippen LogP contribution >= 0.6 is 11.6 Å². The van der Waals surface area contributed by atoms with Gasteiger partial charge >= 0.3 is 0 Å². The number of carbonyl (C=O) groups is 1. The summed E-state index contributed by atoms with van der Waals surface area (Å²) in [7, 11) is 3.56. The Balaban J connectivity index is 1.87. The van der Waals surface area contributed by atoms with Crippen LogP contribution < -0.4 is 4.74 Å². The van der Waals surface area contributed by atoms with Gasteiger partial charge in [0.1, 0.15) is 5.75 Å². The van der Waals surface area contributed by atoms with Crippen molar-refractivity contribution < 1.29 is 9.53 Å². The molecule has 0 unspecified atom stereocenters. The largest absolute Gasteiger partial charge is 0.495 e. The fourth-order valence-electron chi connectivity index (χ4n) is 3.14. The van der Waals surface area contributed by atoms with Crippen LogP contribution in [0.4, 0.5) is 0 Å². The molecule has 0 spiro atoms.